The molecule has 77 valence electrons. The molecule has 0 spiro atoms. The first-order valence-corrected chi connectivity index (χ1v) is 2.63. The van der Waals surface area contributed by atoms with E-state index in [2.05, 4.69) is 0 Å². The zero-order chi connectivity index (χ0) is 6.83. The molecule has 1 radical (unpaired) electrons. The van der Waals surface area contributed by atoms with Crippen LogP contribution < -0.4 is 22.9 Å². The Morgan fingerprint density at radius 1 is 0.545 bits per heavy atom. The van der Waals surface area contributed by atoms with Gasteiger partial charge in [0, 0.05) is 43.0 Å². The zero-order valence-electron chi connectivity index (χ0n) is 6.29. The first kappa shape index (κ1) is 29.7. The second-order valence-corrected chi connectivity index (χ2v) is 1.15. The molecular weight excluding hydrogens is 234 g/mol. The SMILES string of the molecule is Cl.Cl.NCCN.NCCN.[Co]. The second kappa shape index (κ2) is 44.4. The molecule has 4 nitrogen and oxygen atoms in total. The van der Waals surface area contributed by atoms with E-state index < -0.39 is 0 Å². The molecule has 7 heteroatoms. The Balaban J connectivity index is -0.0000000171. The van der Waals surface area contributed by atoms with Crippen LogP contribution in [0.25, 0.3) is 0 Å². The van der Waals surface area contributed by atoms with Crippen LogP contribution in [0.1, 0.15) is 0 Å². The third kappa shape index (κ3) is 102. The maximum Gasteiger partial charge on any atom is 0.00461 e. The van der Waals surface area contributed by atoms with Crippen LogP contribution in [0.2, 0.25) is 0 Å². The molecule has 0 aliphatic rings. The minimum absolute atomic E-state index is 0. The molecule has 0 aliphatic heterocycles. The second-order valence-electron chi connectivity index (χ2n) is 1.15. The third-order valence-electron chi connectivity index (χ3n) is 0.333. The average molecular weight is 252 g/mol. The topological polar surface area (TPSA) is 104 Å². The van der Waals surface area contributed by atoms with Gasteiger partial charge in [0.2, 0.25) is 0 Å². The summed E-state index contributed by atoms with van der Waals surface area (Å²) in [7, 11) is 0. The van der Waals surface area contributed by atoms with E-state index in [1.165, 1.54) is 0 Å². The quantitative estimate of drug-likeness (QED) is 0.487. The summed E-state index contributed by atoms with van der Waals surface area (Å²) in [5.41, 5.74) is 19.6. The van der Waals surface area contributed by atoms with Crippen molar-refractivity contribution in [1.29, 1.82) is 0 Å². The molecule has 8 N–H and O–H groups in total. The fraction of sp³-hybridized carbons (Fsp3) is 1.00. The van der Waals surface area contributed by atoms with Gasteiger partial charge in [0.25, 0.3) is 0 Å². The molecular formula is C4H18Cl2CoN4. The molecule has 0 fully saturated rings. The molecule has 0 rings (SSSR count). The van der Waals surface area contributed by atoms with E-state index in [0.717, 1.165) is 0 Å². The molecule has 0 saturated heterocycles. The van der Waals surface area contributed by atoms with Crippen molar-refractivity contribution in [3.63, 3.8) is 0 Å². The van der Waals surface area contributed by atoms with Crippen LogP contribution in [-0.2, 0) is 16.8 Å². The van der Waals surface area contributed by atoms with Gasteiger partial charge in [0.15, 0.2) is 0 Å². The van der Waals surface area contributed by atoms with Gasteiger partial charge < -0.3 is 22.9 Å². The van der Waals surface area contributed by atoms with E-state index in [9.17, 15) is 0 Å². The van der Waals surface area contributed by atoms with E-state index in [0.29, 0.717) is 26.2 Å². The number of nitrogens with two attached hydrogens (primary N) is 4. The summed E-state index contributed by atoms with van der Waals surface area (Å²) in [6.07, 6.45) is 0. The molecule has 0 aliphatic carbocycles. The fourth-order valence-electron chi connectivity index (χ4n) is 0. The van der Waals surface area contributed by atoms with Crippen LogP contribution in [-0.4, -0.2) is 26.2 Å². The molecule has 0 aromatic rings. The summed E-state index contributed by atoms with van der Waals surface area (Å²) < 4.78 is 0. The Kier molecular flexibility index (Phi) is 120. The minimum atomic E-state index is 0. The minimum Gasteiger partial charge on any atom is -0.329 e. The number of halogens is 2. The van der Waals surface area contributed by atoms with Gasteiger partial charge in [-0.25, -0.2) is 0 Å². The van der Waals surface area contributed by atoms with Gasteiger partial charge >= 0.3 is 0 Å². The molecule has 0 unspecified atom stereocenters. The Morgan fingerprint density at radius 2 is 0.636 bits per heavy atom. The Morgan fingerprint density at radius 3 is 0.636 bits per heavy atom. The summed E-state index contributed by atoms with van der Waals surface area (Å²) in [5, 5.41) is 0. The van der Waals surface area contributed by atoms with Gasteiger partial charge in [-0.3, -0.25) is 0 Å². The van der Waals surface area contributed by atoms with Crippen LogP contribution >= 0.6 is 24.8 Å². The van der Waals surface area contributed by atoms with E-state index in [-0.39, 0.29) is 41.6 Å². The number of hydrogen-bond donors (Lipinski definition) is 4. The molecule has 0 atom stereocenters. The van der Waals surface area contributed by atoms with Crippen LogP contribution in [0.5, 0.6) is 0 Å². The van der Waals surface area contributed by atoms with Crippen molar-refractivity contribution in [2.45, 2.75) is 0 Å². The van der Waals surface area contributed by atoms with Gasteiger partial charge in [0.1, 0.15) is 0 Å². The van der Waals surface area contributed by atoms with Gasteiger partial charge in [-0.1, -0.05) is 0 Å². The summed E-state index contributed by atoms with van der Waals surface area (Å²) in [6.45, 7) is 2.39. The van der Waals surface area contributed by atoms with Crippen molar-refractivity contribution in [2.24, 2.45) is 22.9 Å². The Labute approximate surface area is 90.8 Å². The normalized spacial score (nSPS) is 5.45. The molecule has 0 aromatic heterocycles. The molecule has 0 bridgehead atoms. The molecule has 0 saturated carbocycles. The summed E-state index contributed by atoms with van der Waals surface area (Å²) in [6, 6.07) is 0. The van der Waals surface area contributed by atoms with Gasteiger partial charge in [-0.05, 0) is 0 Å². The maximum absolute atomic E-state index is 4.90. The summed E-state index contributed by atoms with van der Waals surface area (Å²) >= 11 is 0. The van der Waals surface area contributed by atoms with E-state index in [1.54, 1.807) is 0 Å². The van der Waals surface area contributed by atoms with Crippen molar-refractivity contribution >= 4 is 24.8 Å². The van der Waals surface area contributed by atoms with Crippen LogP contribution in [0.4, 0.5) is 0 Å². The van der Waals surface area contributed by atoms with E-state index >= 15 is 0 Å². The molecule has 0 aromatic carbocycles. The summed E-state index contributed by atoms with van der Waals surface area (Å²) in [5.74, 6) is 0. The monoisotopic (exact) mass is 251 g/mol. The van der Waals surface area contributed by atoms with Gasteiger partial charge in [-0.15, -0.1) is 24.8 Å². The molecule has 0 heterocycles. The van der Waals surface area contributed by atoms with Crippen molar-refractivity contribution in [1.82, 2.24) is 0 Å². The van der Waals surface area contributed by atoms with E-state index in [1.807, 2.05) is 0 Å². The van der Waals surface area contributed by atoms with Crippen molar-refractivity contribution in [3.8, 4) is 0 Å². The number of hydrogen-bond acceptors (Lipinski definition) is 4. The van der Waals surface area contributed by atoms with Crippen LogP contribution in [0.15, 0.2) is 0 Å². The predicted octanol–water partition coefficient (Wildman–Crippen LogP) is -1.35. The average Bonchev–Trinajstić information content (AvgIpc) is 1.88. The van der Waals surface area contributed by atoms with Crippen LogP contribution in [0, 0.1) is 0 Å². The maximum atomic E-state index is 4.90. The van der Waals surface area contributed by atoms with Crippen molar-refractivity contribution in [2.75, 3.05) is 26.2 Å². The standard InChI is InChI=1S/2C2H8N2.2ClH.Co/c2*3-1-2-4;;;/h2*1-4H2;2*1H;. The molecule has 11 heavy (non-hydrogen) atoms. The predicted molar refractivity (Wildman–Crippen MR) is 50.7 cm³/mol. The number of rotatable bonds is 2. The molecule has 0 amide bonds. The third-order valence-corrected chi connectivity index (χ3v) is 0.333. The Bertz CT molecular complexity index is 28.1. The smallest absolute Gasteiger partial charge is 0.00461 e. The van der Waals surface area contributed by atoms with Gasteiger partial charge in [-0.2, -0.15) is 0 Å². The largest absolute Gasteiger partial charge is 0.329 e. The summed E-state index contributed by atoms with van der Waals surface area (Å²) in [4.78, 5) is 0. The van der Waals surface area contributed by atoms with Crippen molar-refractivity contribution in [3.05, 3.63) is 0 Å². The zero-order valence-corrected chi connectivity index (χ0v) is 8.96. The van der Waals surface area contributed by atoms with Gasteiger partial charge in [0.05, 0.1) is 0 Å². The van der Waals surface area contributed by atoms with Crippen molar-refractivity contribution < 1.29 is 16.8 Å². The fourth-order valence-corrected chi connectivity index (χ4v) is 0. The van der Waals surface area contributed by atoms with E-state index in [4.69, 9.17) is 22.9 Å². The Hall–Kier alpha value is 0.926. The van der Waals surface area contributed by atoms with Crippen LogP contribution in [0.3, 0.4) is 0 Å². The first-order chi connectivity index (χ1) is 3.83. The first-order valence-electron chi connectivity index (χ1n) is 2.63.